The van der Waals surface area contributed by atoms with Crippen LogP contribution < -0.4 is 15.4 Å². The Hall–Kier alpha value is -1.03. The summed E-state index contributed by atoms with van der Waals surface area (Å²) in [7, 11) is -2.94. The molecule has 0 amide bonds. The molecule has 0 radical (unpaired) electrons. The number of aliphatic imine (C=N–C) groups is 1. The number of nitrogens with one attached hydrogen (secondary N) is 2. The van der Waals surface area contributed by atoms with Crippen LogP contribution in [0, 0.1) is 0 Å². The van der Waals surface area contributed by atoms with Crippen molar-refractivity contribution in [1.82, 2.24) is 10.6 Å². The fourth-order valence-electron chi connectivity index (χ4n) is 2.40. The quantitative estimate of drug-likeness (QED) is 0.189. The van der Waals surface area contributed by atoms with E-state index in [1.807, 2.05) is 26.0 Å². The maximum absolute atomic E-state index is 11.3. The van der Waals surface area contributed by atoms with Gasteiger partial charge in [-0.25, -0.2) is 8.42 Å². The van der Waals surface area contributed by atoms with Crippen LogP contribution in [0.3, 0.4) is 0 Å². The van der Waals surface area contributed by atoms with Crippen LogP contribution >= 0.6 is 24.0 Å². The van der Waals surface area contributed by atoms with Crippen LogP contribution in [0.5, 0.6) is 5.75 Å². The molecular formula is C20H36IN3O3S. The molecule has 1 aromatic carbocycles. The molecular weight excluding hydrogens is 489 g/mol. The molecule has 1 atom stereocenters. The van der Waals surface area contributed by atoms with Crippen LogP contribution in [0.15, 0.2) is 29.3 Å². The predicted molar refractivity (Wildman–Crippen MR) is 129 cm³/mol. The van der Waals surface area contributed by atoms with Crippen LogP contribution in [0.25, 0.3) is 0 Å². The van der Waals surface area contributed by atoms with Gasteiger partial charge in [-0.15, -0.1) is 24.0 Å². The number of unbranched alkanes of at least 4 members (excludes halogenated alkanes) is 1. The second-order valence-corrected chi connectivity index (χ2v) is 9.08. The van der Waals surface area contributed by atoms with Gasteiger partial charge in [-0.1, -0.05) is 25.5 Å². The van der Waals surface area contributed by atoms with Crippen molar-refractivity contribution in [3.63, 3.8) is 0 Å². The van der Waals surface area contributed by atoms with Crippen molar-refractivity contribution in [1.29, 1.82) is 0 Å². The Morgan fingerprint density at radius 2 is 1.89 bits per heavy atom. The molecule has 1 aromatic rings. The zero-order valence-corrected chi connectivity index (χ0v) is 20.7. The van der Waals surface area contributed by atoms with Crippen molar-refractivity contribution in [3.05, 3.63) is 29.8 Å². The molecule has 1 unspecified atom stereocenters. The topological polar surface area (TPSA) is 79.8 Å². The molecule has 1 rings (SSSR count). The Labute approximate surface area is 187 Å². The van der Waals surface area contributed by atoms with E-state index in [4.69, 9.17) is 4.74 Å². The fourth-order valence-corrected chi connectivity index (χ4v) is 3.18. The maximum Gasteiger partial charge on any atom is 0.191 e. The molecule has 162 valence electrons. The molecule has 8 heteroatoms. The van der Waals surface area contributed by atoms with Crippen LogP contribution in [0.4, 0.5) is 0 Å². The summed E-state index contributed by atoms with van der Waals surface area (Å²) in [6.45, 7) is 8.30. The highest BCUT2D eigenvalue weighted by Gasteiger charge is 2.09. The van der Waals surface area contributed by atoms with Gasteiger partial charge in [0, 0.05) is 25.4 Å². The first-order chi connectivity index (χ1) is 12.8. The standard InChI is InChI=1S/C20H35N3O3S.HI/c1-5-7-15-26-19-10-8-18(9-11-19)12-14-22-20(21-6-2)23-17(3)13-16-27(4,24)25;/h8-11,17H,5-7,12-16H2,1-4H3,(H2,21,22,23);1H. The van der Waals surface area contributed by atoms with Gasteiger partial charge in [-0.2, -0.15) is 0 Å². The second kappa shape index (κ2) is 14.9. The van der Waals surface area contributed by atoms with Crippen LogP contribution in [0.1, 0.15) is 45.6 Å². The highest BCUT2D eigenvalue weighted by molar-refractivity contribution is 14.0. The first kappa shape index (κ1) is 27.0. The van der Waals surface area contributed by atoms with E-state index >= 15 is 0 Å². The molecule has 0 heterocycles. The molecule has 0 fully saturated rings. The Morgan fingerprint density at radius 1 is 1.21 bits per heavy atom. The number of sulfone groups is 1. The number of guanidine groups is 1. The Bertz CT molecular complexity index is 664. The van der Waals surface area contributed by atoms with Gasteiger partial charge in [-0.3, -0.25) is 4.99 Å². The third kappa shape index (κ3) is 13.2. The summed E-state index contributed by atoms with van der Waals surface area (Å²) in [5.74, 6) is 1.80. The van der Waals surface area contributed by atoms with Gasteiger partial charge in [0.2, 0.25) is 0 Å². The lowest BCUT2D eigenvalue weighted by Gasteiger charge is -2.17. The number of benzene rings is 1. The molecule has 0 aliphatic rings. The van der Waals surface area contributed by atoms with Crippen molar-refractivity contribution < 1.29 is 13.2 Å². The van der Waals surface area contributed by atoms with E-state index in [2.05, 4.69) is 34.7 Å². The Balaban J connectivity index is 0.00000729. The number of rotatable bonds is 12. The molecule has 0 aliphatic carbocycles. The molecule has 0 saturated heterocycles. The van der Waals surface area contributed by atoms with E-state index in [9.17, 15) is 8.42 Å². The molecule has 2 N–H and O–H groups in total. The Morgan fingerprint density at radius 3 is 2.46 bits per heavy atom. The Kier molecular flexibility index (Phi) is 14.3. The van der Waals surface area contributed by atoms with E-state index in [0.717, 1.165) is 44.1 Å². The first-order valence-corrected chi connectivity index (χ1v) is 11.8. The number of nitrogens with zero attached hydrogens (tertiary/aromatic N) is 1. The van der Waals surface area contributed by atoms with Crippen molar-refractivity contribution >= 4 is 39.8 Å². The van der Waals surface area contributed by atoms with Gasteiger partial charge >= 0.3 is 0 Å². The van der Waals surface area contributed by atoms with E-state index in [0.29, 0.717) is 13.0 Å². The zero-order chi connectivity index (χ0) is 20.1. The normalized spacial score (nSPS) is 12.8. The summed E-state index contributed by atoms with van der Waals surface area (Å²) in [5.41, 5.74) is 1.21. The molecule has 0 aliphatic heterocycles. The highest BCUT2D eigenvalue weighted by atomic mass is 127. The number of ether oxygens (including phenoxy) is 1. The first-order valence-electron chi connectivity index (χ1n) is 9.78. The monoisotopic (exact) mass is 525 g/mol. The third-order valence-corrected chi connectivity index (χ3v) is 4.99. The summed E-state index contributed by atoms with van der Waals surface area (Å²) in [6.07, 6.45) is 4.86. The molecule has 0 spiro atoms. The van der Waals surface area contributed by atoms with E-state index in [-0.39, 0.29) is 35.8 Å². The lowest BCUT2D eigenvalue weighted by atomic mass is 10.1. The van der Waals surface area contributed by atoms with E-state index in [1.54, 1.807) is 0 Å². The van der Waals surface area contributed by atoms with Crippen molar-refractivity contribution in [3.8, 4) is 5.75 Å². The number of halogens is 1. The van der Waals surface area contributed by atoms with Crippen molar-refractivity contribution in [2.75, 3.05) is 31.7 Å². The highest BCUT2D eigenvalue weighted by Crippen LogP contribution is 2.13. The average molecular weight is 525 g/mol. The number of hydrogen-bond acceptors (Lipinski definition) is 4. The second-order valence-electron chi connectivity index (χ2n) is 6.82. The van der Waals surface area contributed by atoms with Crippen molar-refractivity contribution in [2.45, 2.75) is 52.5 Å². The summed E-state index contributed by atoms with van der Waals surface area (Å²) in [5, 5.41) is 6.47. The maximum atomic E-state index is 11.3. The van der Waals surface area contributed by atoms with Gasteiger partial charge in [-0.05, 0) is 50.8 Å². The minimum Gasteiger partial charge on any atom is -0.494 e. The molecule has 0 aromatic heterocycles. The van der Waals surface area contributed by atoms with Gasteiger partial charge in [0.25, 0.3) is 0 Å². The summed E-state index contributed by atoms with van der Waals surface area (Å²) in [6, 6.07) is 8.20. The molecule has 0 saturated carbocycles. The average Bonchev–Trinajstić information content (AvgIpc) is 2.61. The van der Waals surface area contributed by atoms with Gasteiger partial charge in [0.05, 0.1) is 12.4 Å². The van der Waals surface area contributed by atoms with Gasteiger partial charge in [0.1, 0.15) is 15.6 Å². The zero-order valence-electron chi connectivity index (χ0n) is 17.5. The van der Waals surface area contributed by atoms with Crippen LogP contribution in [-0.4, -0.2) is 52.1 Å². The summed E-state index contributed by atoms with van der Waals surface area (Å²) >= 11 is 0. The number of hydrogen-bond donors (Lipinski definition) is 2. The molecule has 0 bridgehead atoms. The third-order valence-electron chi connectivity index (χ3n) is 4.01. The van der Waals surface area contributed by atoms with Crippen LogP contribution in [0.2, 0.25) is 0 Å². The fraction of sp³-hybridized carbons (Fsp3) is 0.650. The van der Waals surface area contributed by atoms with Gasteiger partial charge < -0.3 is 15.4 Å². The summed E-state index contributed by atoms with van der Waals surface area (Å²) < 4.78 is 28.3. The lowest BCUT2D eigenvalue weighted by Crippen LogP contribution is -2.43. The van der Waals surface area contributed by atoms with Gasteiger partial charge in [0.15, 0.2) is 5.96 Å². The molecule has 28 heavy (non-hydrogen) atoms. The minimum atomic E-state index is -2.94. The largest absolute Gasteiger partial charge is 0.494 e. The van der Waals surface area contributed by atoms with E-state index < -0.39 is 9.84 Å². The minimum absolute atomic E-state index is 0. The molecule has 6 nitrogen and oxygen atoms in total. The smallest absolute Gasteiger partial charge is 0.191 e. The van der Waals surface area contributed by atoms with Crippen LogP contribution in [-0.2, 0) is 16.3 Å². The SMILES string of the molecule is CCCCOc1ccc(CCN=C(NCC)NC(C)CCS(C)(=O)=O)cc1.I. The lowest BCUT2D eigenvalue weighted by molar-refractivity contribution is 0.309. The van der Waals surface area contributed by atoms with Crippen molar-refractivity contribution in [2.24, 2.45) is 4.99 Å². The van der Waals surface area contributed by atoms with E-state index in [1.165, 1.54) is 11.8 Å². The summed E-state index contributed by atoms with van der Waals surface area (Å²) in [4.78, 5) is 4.59. The predicted octanol–water partition coefficient (Wildman–Crippen LogP) is 3.40.